The van der Waals surface area contributed by atoms with Gasteiger partial charge in [0.15, 0.2) is 11.5 Å². The molecule has 22 heteroatoms. The Morgan fingerprint density at radius 3 is 1.14 bits per heavy atom. The molecule has 0 unspecified atom stereocenters. The maximum Gasteiger partial charge on any atom is 0.312 e. The Morgan fingerprint density at radius 2 is 0.881 bits per heavy atom. The first-order valence-electron chi connectivity index (χ1n) is 9.76. The van der Waals surface area contributed by atoms with E-state index in [0.717, 1.165) is 12.1 Å². The van der Waals surface area contributed by atoms with Gasteiger partial charge in [-0.05, 0) is 32.0 Å². The van der Waals surface area contributed by atoms with Gasteiger partial charge in [0.1, 0.15) is 4.90 Å². The van der Waals surface area contributed by atoms with Crippen LogP contribution in [0.1, 0.15) is 11.1 Å². The third-order valence-corrected chi connectivity index (χ3v) is 6.85. The fourth-order valence-electron chi connectivity index (χ4n) is 2.57. The predicted molar refractivity (Wildman–Crippen MR) is 140 cm³/mol. The number of halogens is 3. The van der Waals surface area contributed by atoms with Gasteiger partial charge in [0.25, 0.3) is 0 Å². The monoisotopic (exact) mass is 1310 g/mol. The predicted octanol–water partition coefficient (Wildman–Crippen LogP) is 5.13. The Morgan fingerprint density at radius 1 is 0.619 bits per heavy atom. The Labute approximate surface area is 360 Å². The molecule has 3 aromatic carbocycles. The number of hydrogen-bond donors (Lipinski definition) is 4. The molecule has 0 aliphatic rings. The second kappa shape index (κ2) is 20.5. The van der Waals surface area contributed by atoms with Crippen molar-refractivity contribution in [3.8, 4) is 17.2 Å². The third kappa shape index (κ3) is 13.0. The first kappa shape index (κ1) is 46.8. The number of primary sulfonamides is 1. The summed E-state index contributed by atoms with van der Waals surface area (Å²) in [5.74, 6) is -1.80. The first-order valence-corrected chi connectivity index (χ1v) is 12.4. The molecule has 42 heavy (non-hydrogen) atoms. The summed E-state index contributed by atoms with van der Waals surface area (Å²) in [7, 11) is -4.31. The van der Waals surface area contributed by atoms with Crippen molar-refractivity contribution in [2.75, 3.05) is 0 Å². The van der Waals surface area contributed by atoms with Gasteiger partial charge in [-0.2, -0.15) is 0 Å². The Hall–Kier alpha value is 0.365. The number of nitro benzene ring substituents is 3. The van der Waals surface area contributed by atoms with Gasteiger partial charge in [-0.3, -0.25) is 30.3 Å². The van der Waals surface area contributed by atoms with E-state index < -0.39 is 41.1 Å². The van der Waals surface area contributed by atoms with Crippen LogP contribution in [0, 0.1) is 176 Å². The second-order valence-electron chi connectivity index (χ2n) is 7.14. The van der Waals surface area contributed by atoms with Crippen LogP contribution in [-0.4, -0.2) is 38.5 Å². The molecule has 0 saturated carbocycles. The van der Waals surface area contributed by atoms with Gasteiger partial charge in [0, 0.05) is 172 Å². The fourth-order valence-corrected chi connectivity index (χ4v) is 4.07. The van der Waals surface area contributed by atoms with Gasteiger partial charge in [-0.1, -0.05) is 34.8 Å². The van der Waals surface area contributed by atoms with Gasteiger partial charge >= 0.3 is 17.1 Å². The molecule has 219 valence electrons. The van der Waals surface area contributed by atoms with Crippen LogP contribution >= 0.6 is 34.8 Å². The molecule has 0 aliphatic heterocycles. The van der Waals surface area contributed by atoms with Crippen LogP contribution in [0.4, 0.5) is 17.1 Å². The largest absolute Gasteiger partial charge is 0.502 e. The molecular weight excluding hydrogens is 1290 g/mol. The van der Waals surface area contributed by atoms with Crippen molar-refractivity contribution < 1.29 is 171 Å². The van der Waals surface area contributed by atoms with Gasteiger partial charge in [0.05, 0.1) is 19.8 Å². The van der Waals surface area contributed by atoms with E-state index in [2.05, 4.69) is 0 Å². The molecule has 5 N–H and O–H groups in total. The van der Waals surface area contributed by atoms with Crippen molar-refractivity contribution in [3.05, 3.63) is 92.9 Å². The van der Waals surface area contributed by atoms with Crippen molar-refractivity contribution in [1.82, 2.24) is 0 Å². The van der Waals surface area contributed by atoms with Crippen LogP contribution in [0.2, 0.25) is 15.1 Å². The number of nitrogens with zero attached hydrogens (tertiary/aromatic N) is 3. The minimum atomic E-state index is -4.31. The van der Waals surface area contributed by atoms with Gasteiger partial charge in [-0.15, -0.1) is 0 Å². The van der Waals surface area contributed by atoms with Crippen LogP contribution in [0.15, 0.2) is 41.3 Å². The molecule has 0 aliphatic carbocycles. The number of nitro groups is 3. The molecule has 0 fully saturated rings. The number of sulfonamides is 1. The minimum Gasteiger partial charge on any atom is -0.502 e. The zero-order chi connectivity index (χ0) is 30.4. The van der Waals surface area contributed by atoms with Crippen LogP contribution in [-0.2, 0) is 10.0 Å². The molecule has 0 bridgehead atoms. The SMILES string of the molecule is Cc1c(Cl)ccc([N+](=O)[O-])c1O.Cc1c(Cl)ccc([N+](=O)[O-])c1O.NS(=O)(=O)c1c(Cl)ccc([N+](=O)[O-])c1O.[Ac].[Ac].[Ac]. The zero-order valence-electron chi connectivity index (χ0n) is 21.3. The summed E-state index contributed by atoms with van der Waals surface area (Å²) in [5.41, 5.74) is -0.769. The molecule has 15 nitrogen and oxygen atoms in total. The molecule has 3 rings (SSSR count). The zero-order valence-corrected chi connectivity index (χ0v) is 38.6. The summed E-state index contributed by atoms with van der Waals surface area (Å²) in [4.78, 5) is 27.9. The number of rotatable bonds is 4. The van der Waals surface area contributed by atoms with Gasteiger partial charge in [0.2, 0.25) is 15.8 Å². The third-order valence-electron chi connectivity index (χ3n) is 4.62. The van der Waals surface area contributed by atoms with Gasteiger partial charge in [-0.25, -0.2) is 13.6 Å². The summed E-state index contributed by atoms with van der Waals surface area (Å²) in [5, 5.41) is 63.7. The molecular formula is C20H17Ac3Cl3N4O11S. The maximum atomic E-state index is 11.0. The summed E-state index contributed by atoms with van der Waals surface area (Å²) in [6.07, 6.45) is 0. The minimum absolute atomic E-state index is 0. The number of phenols is 3. The molecule has 3 radical (unpaired) electrons. The number of phenolic OH excluding ortho intramolecular Hbond substituents is 3. The van der Waals surface area contributed by atoms with E-state index in [-0.39, 0.29) is 160 Å². The number of aromatic hydroxyl groups is 3. The van der Waals surface area contributed by atoms with Crippen LogP contribution in [0.5, 0.6) is 17.2 Å². The Kier molecular flexibility index (Phi) is 22.8. The number of hydrogen-bond acceptors (Lipinski definition) is 11. The van der Waals surface area contributed by atoms with Crippen molar-refractivity contribution in [3.63, 3.8) is 0 Å². The fraction of sp³-hybridized carbons (Fsp3) is 0.100. The second-order valence-corrected chi connectivity index (χ2v) is 9.86. The Balaban J connectivity index is -0.000000529. The molecule has 0 amide bonds. The molecule has 0 heterocycles. The van der Waals surface area contributed by atoms with Gasteiger partial charge < -0.3 is 15.3 Å². The summed E-state index contributed by atoms with van der Waals surface area (Å²) >= 11 is 16.7. The van der Waals surface area contributed by atoms with E-state index in [0.29, 0.717) is 21.2 Å². The number of benzene rings is 3. The smallest absolute Gasteiger partial charge is 0.312 e. The van der Waals surface area contributed by atoms with Crippen LogP contribution in [0.3, 0.4) is 0 Å². The normalized spacial score (nSPS) is 9.67. The first-order chi connectivity index (χ1) is 17.8. The van der Waals surface area contributed by atoms with E-state index in [1.165, 1.54) is 38.1 Å². The molecule has 0 aromatic heterocycles. The summed E-state index contributed by atoms with van der Waals surface area (Å²) in [6, 6.07) is 6.96. The topological polar surface area (TPSA) is 250 Å². The average molecular weight is 1310 g/mol. The van der Waals surface area contributed by atoms with Crippen LogP contribution in [0.25, 0.3) is 0 Å². The molecule has 0 atom stereocenters. The van der Waals surface area contributed by atoms with Crippen molar-refractivity contribution in [1.29, 1.82) is 0 Å². The van der Waals surface area contributed by atoms with Crippen LogP contribution < -0.4 is 5.14 Å². The maximum absolute atomic E-state index is 11.0. The average Bonchev–Trinajstić information content (AvgIpc) is 2.80. The Bertz CT molecular complexity index is 1520. The molecule has 3 aromatic rings. The quantitative estimate of drug-likeness (QED) is 0.197. The standard InChI is InChI=1S/2C7H6ClNO3.C6H5ClN2O5S.3Ac/c2*1-4-5(8)2-3-6(7(4)10)9(11)12;7-3-1-2-4(9(11)12)5(10)6(3)15(8,13)14;;;/h2*2-3,10H,1H3;1-2,10H,(H2,8,13,14);;;. The van der Waals surface area contributed by atoms with E-state index in [1.807, 2.05) is 0 Å². The summed E-state index contributed by atoms with van der Waals surface area (Å²) < 4.78 is 21.9. The summed E-state index contributed by atoms with van der Waals surface area (Å²) in [6.45, 7) is 3.04. The van der Waals surface area contributed by atoms with Crippen molar-refractivity contribution in [2.24, 2.45) is 5.14 Å². The molecule has 0 spiro atoms. The van der Waals surface area contributed by atoms with Crippen molar-refractivity contribution in [2.45, 2.75) is 18.7 Å². The van der Waals surface area contributed by atoms with Crippen molar-refractivity contribution >= 4 is 61.9 Å². The number of nitrogens with two attached hydrogens (primary N) is 1. The van der Waals surface area contributed by atoms with E-state index >= 15 is 0 Å². The van der Waals surface area contributed by atoms with E-state index in [9.17, 15) is 54.1 Å². The molecule has 0 saturated heterocycles. The van der Waals surface area contributed by atoms with E-state index in [1.54, 1.807) is 0 Å². The van der Waals surface area contributed by atoms with E-state index in [4.69, 9.17) is 39.9 Å².